The molecule has 33 heavy (non-hydrogen) atoms. The van der Waals surface area contributed by atoms with Crippen LogP contribution in [0.5, 0.6) is 0 Å². The van der Waals surface area contributed by atoms with E-state index in [1.165, 1.54) is 82.2 Å². The standard InChI is InChI=1S/C33H36/c1-4-23(2)28-17-16-24(3)29(21-28)18-25-19-30(26-10-6-5-7-11-26)22-31(20-25)33-15-9-13-27-12-8-14-32(27)33/h8-9,13-17,19-22,26H,2,4-7,10-12,18H2,1,3H3. The number of hydrogen-bond donors (Lipinski definition) is 0. The lowest BCUT2D eigenvalue weighted by Crippen LogP contribution is -2.06. The monoisotopic (exact) mass is 432 g/mol. The van der Waals surface area contributed by atoms with Crippen LogP contribution < -0.4 is 0 Å². The molecule has 0 nitrogen and oxygen atoms in total. The molecule has 0 saturated heterocycles. The number of rotatable bonds is 6. The molecule has 3 aromatic rings. The van der Waals surface area contributed by atoms with Crippen LogP contribution in [0.25, 0.3) is 22.8 Å². The molecule has 1 fully saturated rings. The first kappa shape index (κ1) is 22.0. The molecular weight excluding hydrogens is 396 g/mol. The van der Waals surface area contributed by atoms with Crippen LogP contribution in [0.15, 0.2) is 67.3 Å². The van der Waals surface area contributed by atoms with Gasteiger partial charge < -0.3 is 0 Å². The Bertz CT molecular complexity index is 1200. The lowest BCUT2D eigenvalue weighted by Gasteiger charge is -2.24. The predicted octanol–water partition coefficient (Wildman–Crippen LogP) is 9.29. The van der Waals surface area contributed by atoms with Gasteiger partial charge in [0.05, 0.1) is 0 Å². The molecule has 2 aliphatic carbocycles. The normalized spacial score (nSPS) is 15.6. The van der Waals surface area contributed by atoms with Crippen LogP contribution in [0, 0.1) is 6.92 Å². The van der Waals surface area contributed by atoms with Crippen molar-refractivity contribution in [2.45, 2.75) is 71.1 Å². The highest BCUT2D eigenvalue weighted by atomic mass is 14.2. The lowest BCUT2D eigenvalue weighted by molar-refractivity contribution is 0.443. The van der Waals surface area contributed by atoms with Crippen molar-refractivity contribution < 1.29 is 0 Å². The Morgan fingerprint density at radius 2 is 1.82 bits per heavy atom. The smallest absolute Gasteiger partial charge is 0.00226 e. The van der Waals surface area contributed by atoms with Gasteiger partial charge >= 0.3 is 0 Å². The zero-order valence-corrected chi connectivity index (χ0v) is 20.3. The third-order valence-corrected chi connectivity index (χ3v) is 7.80. The third-order valence-electron chi connectivity index (χ3n) is 7.80. The molecule has 0 radical (unpaired) electrons. The van der Waals surface area contributed by atoms with Gasteiger partial charge in [0.15, 0.2) is 0 Å². The zero-order chi connectivity index (χ0) is 22.8. The molecule has 1 saturated carbocycles. The van der Waals surface area contributed by atoms with Crippen molar-refractivity contribution in [3.05, 3.63) is 106 Å². The Labute approximate surface area is 200 Å². The molecule has 2 aliphatic rings. The van der Waals surface area contributed by atoms with Gasteiger partial charge in [-0.2, -0.15) is 0 Å². The molecule has 0 aliphatic heterocycles. The van der Waals surface area contributed by atoms with E-state index in [0.29, 0.717) is 5.92 Å². The molecule has 3 aromatic carbocycles. The van der Waals surface area contributed by atoms with Crippen molar-refractivity contribution in [3.63, 3.8) is 0 Å². The van der Waals surface area contributed by atoms with E-state index >= 15 is 0 Å². The minimum absolute atomic E-state index is 0.706. The third kappa shape index (κ3) is 4.62. The number of hydrogen-bond acceptors (Lipinski definition) is 0. The molecule has 0 atom stereocenters. The van der Waals surface area contributed by atoms with Gasteiger partial charge in [-0.05, 0) is 101 Å². The molecular formula is C33H36. The van der Waals surface area contributed by atoms with Gasteiger partial charge in [0, 0.05) is 0 Å². The summed E-state index contributed by atoms with van der Waals surface area (Å²) in [5, 5.41) is 0. The molecule has 5 rings (SSSR count). The predicted molar refractivity (Wildman–Crippen MR) is 144 cm³/mol. The molecule has 0 amide bonds. The fourth-order valence-corrected chi connectivity index (χ4v) is 5.70. The van der Waals surface area contributed by atoms with Crippen molar-refractivity contribution in [2.75, 3.05) is 0 Å². The highest BCUT2D eigenvalue weighted by Crippen LogP contribution is 2.38. The maximum atomic E-state index is 4.28. The number of allylic oxidation sites excluding steroid dienone is 2. The van der Waals surface area contributed by atoms with Gasteiger partial charge in [0.1, 0.15) is 0 Å². The molecule has 0 unspecified atom stereocenters. The molecule has 0 heteroatoms. The summed E-state index contributed by atoms with van der Waals surface area (Å²) in [5.41, 5.74) is 14.0. The maximum Gasteiger partial charge on any atom is -0.00226 e. The van der Waals surface area contributed by atoms with E-state index in [1.54, 1.807) is 5.56 Å². The van der Waals surface area contributed by atoms with Crippen molar-refractivity contribution in [3.8, 4) is 11.1 Å². The fourth-order valence-electron chi connectivity index (χ4n) is 5.70. The summed E-state index contributed by atoms with van der Waals surface area (Å²) in [5.74, 6) is 0.706. The molecule has 0 aromatic heterocycles. The Morgan fingerprint density at radius 1 is 0.970 bits per heavy atom. The first-order valence-electron chi connectivity index (χ1n) is 12.8. The van der Waals surface area contributed by atoms with Crippen LogP contribution in [0.3, 0.4) is 0 Å². The number of aryl methyl sites for hydroxylation is 1. The quantitative estimate of drug-likeness (QED) is 0.364. The van der Waals surface area contributed by atoms with Gasteiger partial charge in [0.25, 0.3) is 0 Å². The summed E-state index contributed by atoms with van der Waals surface area (Å²) in [4.78, 5) is 0. The van der Waals surface area contributed by atoms with Crippen LogP contribution in [-0.4, -0.2) is 0 Å². The zero-order valence-electron chi connectivity index (χ0n) is 20.3. The SMILES string of the molecule is C=C(CC)c1ccc(C)c(Cc2cc(-c3cccc4c3C=CC4)cc(C3CCCCC3)c2)c1. The highest BCUT2D eigenvalue weighted by molar-refractivity contribution is 5.80. The summed E-state index contributed by atoms with van der Waals surface area (Å²) < 4.78 is 0. The fraction of sp³-hybridized carbons (Fsp3) is 0.333. The largest absolute Gasteiger partial charge is 0.0952 e. The minimum Gasteiger partial charge on any atom is -0.0952 e. The van der Waals surface area contributed by atoms with Crippen LogP contribution >= 0.6 is 0 Å². The van der Waals surface area contributed by atoms with Crippen molar-refractivity contribution >= 4 is 11.6 Å². The van der Waals surface area contributed by atoms with E-state index in [1.807, 2.05) is 0 Å². The van der Waals surface area contributed by atoms with E-state index in [2.05, 4.69) is 87.2 Å². The topological polar surface area (TPSA) is 0 Å². The van der Waals surface area contributed by atoms with Crippen LogP contribution in [0.4, 0.5) is 0 Å². The Balaban J connectivity index is 1.58. The summed E-state index contributed by atoms with van der Waals surface area (Å²) >= 11 is 0. The molecule has 0 N–H and O–H groups in total. The van der Waals surface area contributed by atoms with Gasteiger partial charge in [-0.25, -0.2) is 0 Å². The number of benzene rings is 3. The van der Waals surface area contributed by atoms with E-state index in [0.717, 1.165) is 19.3 Å². The van der Waals surface area contributed by atoms with Crippen LogP contribution in [0.2, 0.25) is 0 Å². The van der Waals surface area contributed by atoms with Gasteiger partial charge in [-0.15, -0.1) is 0 Å². The highest BCUT2D eigenvalue weighted by Gasteiger charge is 2.19. The Hall–Kier alpha value is -2.86. The molecule has 0 bridgehead atoms. The summed E-state index contributed by atoms with van der Waals surface area (Å²) in [7, 11) is 0. The Morgan fingerprint density at radius 3 is 2.64 bits per heavy atom. The summed E-state index contributed by atoms with van der Waals surface area (Å²) in [6, 6.07) is 21.2. The van der Waals surface area contributed by atoms with Gasteiger partial charge in [0.2, 0.25) is 0 Å². The molecule has 0 heterocycles. The van der Waals surface area contributed by atoms with Crippen LogP contribution in [-0.2, 0) is 12.8 Å². The van der Waals surface area contributed by atoms with Crippen LogP contribution in [0.1, 0.15) is 90.3 Å². The van der Waals surface area contributed by atoms with Crippen molar-refractivity contribution in [1.29, 1.82) is 0 Å². The minimum atomic E-state index is 0.706. The average Bonchev–Trinajstić information content (AvgIpc) is 3.34. The second-order valence-corrected chi connectivity index (χ2v) is 10.1. The lowest BCUT2D eigenvalue weighted by atomic mass is 9.81. The maximum absolute atomic E-state index is 4.28. The summed E-state index contributed by atoms with van der Waals surface area (Å²) in [6.07, 6.45) is 14.5. The molecule has 0 spiro atoms. The first-order chi connectivity index (χ1) is 16.1. The van der Waals surface area contributed by atoms with E-state index < -0.39 is 0 Å². The average molecular weight is 433 g/mol. The van der Waals surface area contributed by atoms with E-state index in [-0.39, 0.29) is 0 Å². The second kappa shape index (κ2) is 9.56. The van der Waals surface area contributed by atoms with Crippen molar-refractivity contribution in [1.82, 2.24) is 0 Å². The van der Waals surface area contributed by atoms with Gasteiger partial charge in [-0.3, -0.25) is 0 Å². The van der Waals surface area contributed by atoms with Crippen molar-refractivity contribution in [2.24, 2.45) is 0 Å². The van der Waals surface area contributed by atoms with E-state index in [9.17, 15) is 0 Å². The van der Waals surface area contributed by atoms with E-state index in [4.69, 9.17) is 0 Å². The summed E-state index contributed by atoms with van der Waals surface area (Å²) in [6.45, 7) is 8.71. The van der Waals surface area contributed by atoms with Gasteiger partial charge in [-0.1, -0.05) is 99.5 Å². The first-order valence-corrected chi connectivity index (χ1v) is 12.8. The second-order valence-electron chi connectivity index (χ2n) is 10.1. The molecule has 168 valence electrons. The number of fused-ring (bicyclic) bond motifs is 1. The Kier molecular flexibility index (Phi) is 6.36.